The van der Waals surface area contributed by atoms with Crippen molar-refractivity contribution in [3.8, 4) is 0 Å². The molecule has 0 aromatic carbocycles. The number of hydrogen-bond donors (Lipinski definition) is 0. The molecule has 0 saturated heterocycles. The normalized spacial score (nSPS) is 14.4. The van der Waals surface area contributed by atoms with Gasteiger partial charge in [0.25, 0.3) is 0 Å². The number of carbonyl (C=O) groups is 1. The number of aromatic nitrogens is 5. The molecule has 3 rings (SSSR count). The van der Waals surface area contributed by atoms with Crippen molar-refractivity contribution < 1.29 is 4.79 Å². The van der Waals surface area contributed by atoms with Crippen molar-refractivity contribution in [3.05, 3.63) is 30.1 Å². The maximum absolute atomic E-state index is 12.3. The Labute approximate surface area is 129 Å². The Morgan fingerprint density at radius 2 is 2.18 bits per heavy atom. The fourth-order valence-electron chi connectivity index (χ4n) is 2.80. The van der Waals surface area contributed by atoms with Crippen molar-refractivity contribution in [1.29, 1.82) is 0 Å². The third-order valence-corrected chi connectivity index (χ3v) is 3.99. The Balaban J connectivity index is 1.54. The van der Waals surface area contributed by atoms with Gasteiger partial charge in [0.05, 0.1) is 6.54 Å². The van der Waals surface area contributed by atoms with Crippen LogP contribution in [0.1, 0.15) is 44.3 Å². The number of carbonyl (C=O) groups excluding carboxylic acids is 1. The molecule has 3 heterocycles. The smallest absolute Gasteiger partial charge is 0.223 e. The Hall–Kier alpha value is -2.18. The van der Waals surface area contributed by atoms with Crippen LogP contribution in [0.2, 0.25) is 0 Å². The molecule has 0 unspecified atom stereocenters. The van der Waals surface area contributed by atoms with E-state index in [9.17, 15) is 4.79 Å². The number of hydrogen-bond acceptors (Lipinski definition) is 4. The van der Waals surface area contributed by atoms with E-state index >= 15 is 0 Å². The molecule has 0 bridgehead atoms. The first-order valence-electron chi connectivity index (χ1n) is 7.82. The molecule has 118 valence electrons. The van der Waals surface area contributed by atoms with E-state index in [2.05, 4.69) is 33.7 Å². The average molecular weight is 302 g/mol. The zero-order chi connectivity index (χ0) is 15.5. The van der Waals surface area contributed by atoms with Gasteiger partial charge in [0.2, 0.25) is 5.91 Å². The zero-order valence-electron chi connectivity index (χ0n) is 13.1. The summed E-state index contributed by atoms with van der Waals surface area (Å²) in [6, 6.07) is 1.89. The highest BCUT2D eigenvalue weighted by molar-refractivity contribution is 5.76. The van der Waals surface area contributed by atoms with Gasteiger partial charge in [-0.3, -0.25) is 9.48 Å². The van der Waals surface area contributed by atoms with E-state index in [1.54, 1.807) is 6.20 Å². The van der Waals surface area contributed by atoms with Gasteiger partial charge in [0, 0.05) is 44.4 Å². The lowest BCUT2D eigenvalue weighted by Gasteiger charge is -2.28. The molecule has 2 aromatic rings. The monoisotopic (exact) mass is 302 g/mol. The molecule has 1 aliphatic rings. The van der Waals surface area contributed by atoms with E-state index in [1.807, 2.05) is 21.8 Å². The first kappa shape index (κ1) is 14.7. The van der Waals surface area contributed by atoms with Crippen molar-refractivity contribution in [3.63, 3.8) is 0 Å². The molecular weight excluding hydrogens is 280 g/mol. The predicted molar refractivity (Wildman–Crippen MR) is 81.0 cm³/mol. The van der Waals surface area contributed by atoms with Gasteiger partial charge in [0.1, 0.15) is 5.82 Å². The maximum atomic E-state index is 12.3. The number of rotatable bonds is 5. The molecule has 7 nitrogen and oxygen atoms in total. The fourth-order valence-corrected chi connectivity index (χ4v) is 2.80. The van der Waals surface area contributed by atoms with E-state index in [0.717, 1.165) is 37.7 Å². The topological polar surface area (TPSA) is 68.8 Å². The first-order chi connectivity index (χ1) is 10.6. The number of amides is 1. The van der Waals surface area contributed by atoms with Gasteiger partial charge in [-0.1, -0.05) is 13.8 Å². The van der Waals surface area contributed by atoms with Crippen molar-refractivity contribution >= 4 is 5.91 Å². The lowest BCUT2D eigenvalue weighted by atomic mass is 10.2. The summed E-state index contributed by atoms with van der Waals surface area (Å²) in [6.07, 6.45) is 5.03. The molecule has 22 heavy (non-hydrogen) atoms. The van der Waals surface area contributed by atoms with Gasteiger partial charge >= 0.3 is 0 Å². The standard InChI is InChI=1S/C15H22N6O/c1-12(2)15-18-17-13-11-19(9-10-21(13)15)14(22)5-3-7-20-8-4-6-16-20/h4,6,8,12H,3,5,7,9-11H2,1-2H3. The summed E-state index contributed by atoms with van der Waals surface area (Å²) >= 11 is 0. The van der Waals surface area contributed by atoms with Gasteiger partial charge in [-0.2, -0.15) is 5.10 Å². The largest absolute Gasteiger partial charge is 0.333 e. The van der Waals surface area contributed by atoms with E-state index in [0.29, 0.717) is 18.9 Å². The van der Waals surface area contributed by atoms with Crippen LogP contribution < -0.4 is 0 Å². The van der Waals surface area contributed by atoms with Crippen LogP contribution in [0.15, 0.2) is 18.5 Å². The van der Waals surface area contributed by atoms with Gasteiger partial charge in [-0.25, -0.2) is 0 Å². The summed E-state index contributed by atoms with van der Waals surface area (Å²) in [5.74, 6) is 2.46. The average Bonchev–Trinajstić information content (AvgIpc) is 3.15. The van der Waals surface area contributed by atoms with E-state index in [4.69, 9.17) is 0 Å². The number of nitrogens with zero attached hydrogens (tertiary/aromatic N) is 6. The second-order valence-corrected chi connectivity index (χ2v) is 5.97. The molecule has 0 radical (unpaired) electrons. The minimum Gasteiger partial charge on any atom is -0.333 e. The maximum Gasteiger partial charge on any atom is 0.223 e. The van der Waals surface area contributed by atoms with Crippen molar-refractivity contribution in [2.45, 2.75) is 52.2 Å². The predicted octanol–water partition coefficient (Wildman–Crippen LogP) is 1.42. The minimum atomic E-state index is 0.188. The SMILES string of the molecule is CC(C)c1nnc2n1CCN(C(=O)CCCn1cccn1)C2. The van der Waals surface area contributed by atoms with E-state index in [-0.39, 0.29) is 5.91 Å². The lowest BCUT2D eigenvalue weighted by molar-refractivity contribution is -0.132. The van der Waals surface area contributed by atoms with Gasteiger partial charge < -0.3 is 9.47 Å². The van der Waals surface area contributed by atoms with Crippen molar-refractivity contribution in [2.24, 2.45) is 0 Å². The highest BCUT2D eigenvalue weighted by atomic mass is 16.2. The summed E-state index contributed by atoms with van der Waals surface area (Å²) in [5, 5.41) is 12.6. The quantitative estimate of drug-likeness (QED) is 0.837. The molecule has 1 amide bonds. The van der Waals surface area contributed by atoms with Crippen LogP contribution in [0.25, 0.3) is 0 Å². The van der Waals surface area contributed by atoms with Gasteiger partial charge in [-0.05, 0) is 12.5 Å². The fraction of sp³-hybridized carbons (Fsp3) is 0.600. The summed E-state index contributed by atoms with van der Waals surface area (Å²) in [6.45, 7) is 7.11. The molecular formula is C15H22N6O. The molecule has 0 atom stereocenters. The van der Waals surface area contributed by atoms with Crippen LogP contribution in [-0.2, 0) is 24.4 Å². The highest BCUT2D eigenvalue weighted by Gasteiger charge is 2.24. The Morgan fingerprint density at radius 3 is 2.91 bits per heavy atom. The summed E-state index contributed by atoms with van der Waals surface area (Å²) in [4.78, 5) is 14.2. The Morgan fingerprint density at radius 1 is 1.32 bits per heavy atom. The Kier molecular flexibility index (Phi) is 4.22. The van der Waals surface area contributed by atoms with E-state index in [1.165, 1.54) is 0 Å². The van der Waals surface area contributed by atoms with Crippen molar-refractivity contribution in [2.75, 3.05) is 6.54 Å². The summed E-state index contributed by atoms with van der Waals surface area (Å²) in [7, 11) is 0. The number of fused-ring (bicyclic) bond motifs is 1. The van der Waals surface area contributed by atoms with Crippen LogP contribution in [0.3, 0.4) is 0 Å². The molecule has 1 aliphatic heterocycles. The van der Waals surface area contributed by atoms with Crippen molar-refractivity contribution in [1.82, 2.24) is 29.4 Å². The second kappa shape index (κ2) is 6.29. The van der Waals surface area contributed by atoms with Crippen LogP contribution in [0.4, 0.5) is 0 Å². The third kappa shape index (κ3) is 3.03. The molecule has 2 aromatic heterocycles. The number of aryl methyl sites for hydroxylation is 1. The Bertz CT molecular complexity index is 631. The van der Waals surface area contributed by atoms with Gasteiger partial charge in [0.15, 0.2) is 5.82 Å². The summed E-state index contributed by atoms with van der Waals surface area (Å²) < 4.78 is 4.01. The highest BCUT2D eigenvalue weighted by Crippen LogP contribution is 2.18. The second-order valence-electron chi connectivity index (χ2n) is 5.97. The van der Waals surface area contributed by atoms with Crippen LogP contribution in [0, 0.1) is 0 Å². The van der Waals surface area contributed by atoms with Crippen LogP contribution in [0.5, 0.6) is 0 Å². The minimum absolute atomic E-state index is 0.188. The first-order valence-corrected chi connectivity index (χ1v) is 7.82. The third-order valence-electron chi connectivity index (χ3n) is 3.99. The van der Waals surface area contributed by atoms with Gasteiger partial charge in [-0.15, -0.1) is 10.2 Å². The zero-order valence-corrected chi connectivity index (χ0v) is 13.1. The molecule has 7 heteroatoms. The summed E-state index contributed by atoms with van der Waals surface area (Å²) in [5.41, 5.74) is 0. The molecule has 0 spiro atoms. The molecule has 0 saturated carbocycles. The lowest BCUT2D eigenvalue weighted by Crippen LogP contribution is -2.38. The van der Waals surface area contributed by atoms with Crippen LogP contribution >= 0.6 is 0 Å². The molecule has 0 N–H and O–H groups in total. The van der Waals surface area contributed by atoms with Crippen LogP contribution in [-0.4, -0.2) is 41.9 Å². The molecule has 0 fully saturated rings. The molecule has 0 aliphatic carbocycles. The van der Waals surface area contributed by atoms with E-state index < -0.39 is 0 Å².